The maximum atomic E-state index is 5.22. The molecule has 0 saturated carbocycles. The predicted octanol–water partition coefficient (Wildman–Crippen LogP) is 2.63. The molecule has 2 heterocycles. The highest BCUT2D eigenvalue weighted by Gasteiger charge is 2.18. The molecule has 0 aliphatic carbocycles. The van der Waals surface area contributed by atoms with E-state index in [2.05, 4.69) is 44.1 Å². The van der Waals surface area contributed by atoms with Crippen LogP contribution < -0.4 is 19.9 Å². The van der Waals surface area contributed by atoms with Crippen molar-refractivity contribution in [2.24, 2.45) is 0 Å². The van der Waals surface area contributed by atoms with Crippen molar-refractivity contribution in [1.29, 1.82) is 0 Å². The summed E-state index contributed by atoms with van der Waals surface area (Å²) in [5.74, 6) is 2.61. The molecule has 0 atom stereocenters. The quantitative estimate of drug-likeness (QED) is 0.880. The SMILES string of the molecule is CCCNc1nccc(N2CCN(c3ccc(OC)cc3)CC2)n1. The number of anilines is 3. The topological polar surface area (TPSA) is 53.5 Å². The van der Waals surface area contributed by atoms with E-state index in [9.17, 15) is 0 Å². The molecule has 0 spiro atoms. The van der Waals surface area contributed by atoms with E-state index in [4.69, 9.17) is 4.74 Å². The number of benzene rings is 1. The van der Waals surface area contributed by atoms with Crippen LogP contribution in [0.3, 0.4) is 0 Å². The Hall–Kier alpha value is -2.50. The summed E-state index contributed by atoms with van der Waals surface area (Å²) in [6, 6.07) is 10.2. The molecule has 6 heteroatoms. The first-order valence-electron chi connectivity index (χ1n) is 8.51. The van der Waals surface area contributed by atoms with Crippen molar-refractivity contribution in [3.63, 3.8) is 0 Å². The Morgan fingerprint density at radius 1 is 1.04 bits per heavy atom. The smallest absolute Gasteiger partial charge is 0.224 e. The van der Waals surface area contributed by atoms with E-state index >= 15 is 0 Å². The molecule has 1 aliphatic heterocycles. The van der Waals surface area contributed by atoms with Crippen molar-refractivity contribution in [2.45, 2.75) is 13.3 Å². The molecular weight excluding hydrogens is 302 g/mol. The molecule has 1 aliphatic rings. The second-order valence-corrected chi connectivity index (χ2v) is 5.84. The van der Waals surface area contributed by atoms with Crippen LogP contribution in [0.15, 0.2) is 36.5 Å². The first-order valence-corrected chi connectivity index (χ1v) is 8.51. The highest BCUT2D eigenvalue weighted by Crippen LogP contribution is 2.22. The number of hydrogen-bond donors (Lipinski definition) is 1. The second-order valence-electron chi connectivity index (χ2n) is 5.84. The van der Waals surface area contributed by atoms with Gasteiger partial charge in [0.1, 0.15) is 11.6 Å². The third-order valence-electron chi connectivity index (χ3n) is 4.22. The molecule has 0 bridgehead atoms. The fourth-order valence-corrected chi connectivity index (χ4v) is 2.83. The zero-order chi connectivity index (χ0) is 16.8. The largest absolute Gasteiger partial charge is 0.497 e. The maximum Gasteiger partial charge on any atom is 0.224 e. The molecule has 0 amide bonds. The summed E-state index contributed by atoms with van der Waals surface area (Å²) in [4.78, 5) is 13.6. The number of ether oxygens (including phenoxy) is 1. The maximum absolute atomic E-state index is 5.22. The van der Waals surface area contributed by atoms with Gasteiger partial charge in [-0.25, -0.2) is 4.98 Å². The summed E-state index contributed by atoms with van der Waals surface area (Å²) >= 11 is 0. The Kier molecular flexibility index (Phi) is 5.36. The average Bonchev–Trinajstić information content (AvgIpc) is 2.67. The predicted molar refractivity (Wildman–Crippen MR) is 98.2 cm³/mol. The van der Waals surface area contributed by atoms with Gasteiger partial charge in [-0.05, 0) is 36.8 Å². The van der Waals surface area contributed by atoms with Crippen LogP contribution in [0.2, 0.25) is 0 Å². The highest BCUT2D eigenvalue weighted by molar-refractivity contribution is 5.51. The van der Waals surface area contributed by atoms with Gasteiger partial charge < -0.3 is 19.9 Å². The first-order chi connectivity index (χ1) is 11.8. The van der Waals surface area contributed by atoms with E-state index in [1.807, 2.05) is 24.4 Å². The van der Waals surface area contributed by atoms with Crippen LogP contribution in [0.25, 0.3) is 0 Å². The highest BCUT2D eigenvalue weighted by atomic mass is 16.5. The summed E-state index contributed by atoms with van der Waals surface area (Å²) in [5, 5.41) is 3.25. The molecule has 24 heavy (non-hydrogen) atoms. The lowest BCUT2D eigenvalue weighted by Crippen LogP contribution is -2.46. The molecule has 0 unspecified atom stereocenters. The minimum Gasteiger partial charge on any atom is -0.497 e. The first kappa shape index (κ1) is 16.4. The standard InChI is InChI=1S/C18H25N5O/c1-3-9-19-18-20-10-8-17(21-18)23-13-11-22(12-14-23)15-4-6-16(24-2)7-5-15/h4-8,10H,3,9,11-14H2,1-2H3,(H,19,20,21). The zero-order valence-electron chi connectivity index (χ0n) is 14.4. The van der Waals surface area contributed by atoms with Crippen molar-refractivity contribution in [2.75, 3.05) is 55.0 Å². The van der Waals surface area contributed by atoms with Crippen LogP contribution in [0, 0.1) is 0 Å². The molecule has 2 aromatic rings. The fourth-order valence-electron chi connectivity index (χ4n) is 2.83. The van der Waals surface area contributed by atoms with Gasteiger partial charge in [0.2, 0.25) is 5.95 Å². The third-order valence-corrected chi connectivity index (χ3v) is 4.22. The van der Waals surface area contributed by atoms with Crippen LogP contribution in [-0.4, -0.2) is 49.8 Å². The summed E-state index contributed by atoms with van der Waals surface area (Å²) in [6.45, 7) is 6.90. The van der Waals surface area contributed by atoms with Crippen molar-refractivity contribution in [3.8, 4) is 5.75 Å². The number of rotatable bonds is 6. The number of piperazine rings is 1. The van der Waals surface area contributed by atoms with Crippen LogP contribution in [-0.2, 0) is 0 Å². The number of hydrogen-bond acceptors (Lipinski definition) is 6. The summed E-state index contributed by atoms with van der Waals surface area (Å²) in [5.41, 5.74) is 1.24. The van der Waals surface area contributed by atoms with Crippen molar-refractivity contribution >= 4 is 17.5 Å². The Labute approximate surface area is 143 Å². The summed E-state index contributed by atoms with van der Waals surface area (Å²) in [7, 11) is 1.69. The van der Waals surface area contributed by atoms with E-state index < -0.39 is 0 Å². The van der Waals surface area contributed by atoms with Crippen LogP contribution in [0.5, 0.6) is 5.75 Å². The molecule has 1 aromatic carbocycles. The van der Waals surface area contributed by atoms with Crippen LogP contribution in [0.4, 0.5) is 17.5 Å². The second kappa shape index (κ2) is 7.86. The minimum atomic E-state index is 0.715. The van der Waals surface area contributed by atoms with Gasteiger partial charge in [0.15, 0.2) is 0 Å². The molecule has 1 fully saturated rings. The van der Waals surface area contributed by atoms with Crippen LogP contribution >= 0.6 is 0 Å². The van der Waals surface area contributed by atoms with Gasteiger partial charge in [-0.2, -0.15) is 4.98 Å². The van der Waals surface area contributed by atoms with Crippen molar-refractivity contribution in [3.05, 3.63) is 36.5 Å². The lowest BCUT2D eigenvalue weighted by atomic mass is 10.2. The van der Waals surface area contributed by atoms with Gasteiger partial charge in [-0.3, -0.25) is 0 Å². The Morgan fingerprint density at radius 3 is 2.42 bits per heavy atom. The van der Waals surface area contributed by atoms with E-state index in [0.717, 1.165) is 50.7 Å². The van der Waals surface area contributed by atoms with Gasteiger partial charge in [0.25, 0.3) is 0 Å². The number of aromatic nitrogens is 2. The fraction of sp³-hybridized carbons (Fsp3) is 0.444. The van der Waals surface area contributed by atoms with Gasteiger partial charge in [0.05, 0.1) is 7.11 Å². The summed E-state index contributed by atoms with van der Waals surface area (Å²) < 4.78 is 5.22. The van der Waals surface area contributed by atoms with E-state index in [1.54, 1.807) is 7.11 Å². The molecule has 0 radical (unpaired) electrons. The zero-order valence-corrected chi connectivity index (χ0v) is 14.4. The van der Waals surface area contributed by atoms with Crippen molar-refractivity contribution in [1.82, 2.24) is 9.97 Å². The van der Waals surface area contributed by atoms with E-state index in [0.29, 0.717) is 5.95 Å². The number of nitrogens with one attached hydrogen (secondary N) is 1. The number of nitrogens with zero attached hydrogens (tertiary/aromatic N) is 4. The van der Waals surface area contributed by atoms with Gasteiger partial charge in [-0.15, -0.1) is 0 Å². The van der Waals surface area contributed by atoms with Crippen LogP contribution in [0.1, 0.15) is 13.3 Å². The molecule has 1 N–H and O–H groups in total. The van der Waals surface area contributed by atoms with Crippen molar-refractivity contribution < 1.29 is 4.74 Å². The molecule has 1 saturated heterocycles. The molecule has 1 aromatic heterocycles. The van der Waals surface area contributed by atoms with E-state index in [1.165, 1.54) is 5.69 Å². The molecule has 3 rings (SSSR count). The lowest BCUT2D eigenvalue weighted by Gasteiger charge is -2.36. The third kappa shape index (κ3) is 3.88. The Bertz CT molecular complexity index is 638. The summed E-state index contributed by atoms with van der Waals surface area (Å²) in [6.07, 6.45) is 2.89. The Morgan fingerprint density at radius 2 is 1.75 bits per heavy atom. The van der Waals surface area contributed by atoms with Gasteiger partial charge in [0, 0.05) is 44.6 Å². The normalized spacial score (nSPS) is 14.6. The average molecular weight is 327 g/mol. The molecule has 6 nitrogen and oxygen atoms in total. The molecule has 128 valence electrons. The van der Waals surface area contributed by atoms with E-state index in [-0.39, 0.29) is 0 Å². The van der Waals surface area contributed by atoms with Gasteiger partial charge >= 0.3 is 0 Å². The lowest BCUT2D eigenvalue weighted by molar-refractivity contribution is 0.415. The number of methoxy groups -OCH3 is 1. The molecular formula is C18H25N5O. The minimum absolute atomic E-state index is 0.715. The Balaban J connectivity index is 1.60. The monoisotopic (exact) mass is 327 g/mol. The van der Waals surface area contributed by atoms with Gasteiger partial charge in [-0.1, -0.05) is 6.92 Å².